The zero-order chi connectivity index (χ0) is 31.7. The number of nitrogens with two attached hydrogens (primary N) is 7. The van der Waals surface area contributed by atoms with Crippen LogP contribution in [-0.2, 0) is 28.4 Å². The molecule has 1 aliphatic carbocycles. The Kier molecular flexibility index (Phi) is 12.1. The smallest absolute Gasteiger partial charge is 0.176 e. The predicted octanol–water partition coefficient (Wildman–Crippen LogP) is -8.54. The lowest BCUT2D eigenvalue weighted by Crippen LogP contribution is -2.70. The van der Waals surface area contributed by atoms with Crippen molar-refractivity contribution >= 4 is 0 Å². The van der Waals surface area contributed by atoms with E-state index in [1.165, 1.54) is 0 Å². The molecule has 19 nitrogen and oxygen atoms in total. The lowest BCUT2D eigenvalue weighted by molar-refractivity contribution is -0.336. The minimum atomic E-state index is -1.49. The van der Waals surface area contributed by atoms with E-state index in [0.717, 1.165) is 0 Å². The first-order valence-corrected chi connectivity index (χ1v) is 14.4. The van der Waals surface area contributed by atoms with Gasteiger partial charge in [0.2, 0.25) is 0 Å². The van der Waals surface area contributed by atoms with Crippen LogP contribution in [0.5, 0.6) is 0 Å². The number of hydrogen-bond acceptors (Lipinski definition) is 19. The van der Waals surface area contributed by atoms with Gasteiger partial charge in [-0.15, -0.1) is 0 Å². The molecule has 0 radical (unpaired) electrons. The Bertz CT molecular complexity index is 885. The highest BCUT2D eigenvalue weighted by Gasteiger charge is 2.52. The van der Waals surface area contributed by atoms with Crippen molar-refractivity contribution in [2.45, 2.75) is 129 Å². The van der Waals surface area contributed by atoms with Crippen LogP contribution in [0.4, 0.5) is 0 Å². The fourth-order valence-electron chi connectivity index (χ4n) is 6.00. The molecule has 20 N–H and O–H groups in total. The zero-order valence-electron chi connectivity index (χ0n) is 23.7. The van der Waals surface area contributed by atoms with Crippen molar-refractivity contribution in [3.05, 3.63) is 0 Å². The van der Waals surface area contributed by atoms with Gasteiger partial charge in [0.25, 0.3) is 0 Å². The molecule has 4 aliphatic rings. The first-order valence-electron chi connectivity index (χ1n) is 14.4. The van der Waals surface area contributed by atoms with E-state index < -0.39 is 123 Å². The Hall–Kier alpha value is -0.760. The van der Waals surface area contributed by atoms with Gasteiger partial charge in [-0.1, -0.05) is 0 Å². The van der Waals surface area contributed by atoms with Crippen molar-refractivity contribution in [1.82, 2.24) is 0 Å². The lowest BCUT2D eigenvalue weighted by atomic mass is 9.84. The molecule has 1 saturated carbocycles. The third-order valence-corrected chi connectivity index (χ3v) is 8.65. The fraction of sp³-hybridized carbons (Fsp3) is 1.00. The molecular weight excluding hydrogens is 578 g/mol. The molecule has 0 aromatic heterocycles. The highest BCUT2D eigenvalue weighted by molar-refractivity contribution is 5.02. The maximum Gasteiger partial charge on any atom is 0.176 e. The van der Waals surface area contributed by atoms with Crippen molar-refractivity contribution in [2.75, 3.05) is 19.7 Å². The van der Waals surface area contributed by atoms with Crippen molar-refractivity contribution in [3.63, 3.8) is 0 Å². The van der Waals surface area contributed by atoms with Crippen LogP contribution in [0.1, 0.15) is 12.8 Å². The summed E-state index contributed by atoms with van der Waals surface area (Å²) in [6, 6.07) is -4.75. The molecule has 19 heteroatoms. The molecule has 0 unspecified atom stereocenters. The quantitative estimate of drug-likeness (QED) is 0.113. The molecule has 19 atom stereocenters. The van der Waals surface area contributed by atoms with Crippen molar-refractivity contribution in [2.24, 2.45) is 40.1 Å². The largest absolute Gasteiger partial charge is 0.394 e. The zero-order valence-corrected chi connectivity index (χ0v) is 23.7. The summed E-state index contributed by atoms with van der Waals surface area (Å²) in [6.07, 6.45) is -16.4. The molecule has 4 fully saturated rings. The first-order chi connectivity index (χ1) is 20.3. The van der Waals surface area contributed by atoms with Crippen LogP contribution < -0.4 is 40.1 Å². The summed E-state index contributed by atoms with van der Waals surface area (Å²) >= 11 is 0. The summed E-state index contributed by atoms with van der Waals surface area (Å²) in [7, 11) is 0. The van der Waals surface area contributed by atoms with E-state index in [0.29, 0.717) is 0 Å². The van der Waals surface area contributed by atoms with Gasteiger partial charge < -0.3 is 99.2 Å². The van der Waals surface area contributed by atoms with Crippen molar-refractivity contribution in [3.8, 4) is 0 Å². The number of hydrogen-bond donors (Lipinski definition) is 13. The molecule has 0 spiro atoms. The summed E-state index contributed by atoms with van der Waals surface area (Å²) in [4.78, 5) is 0. The lowest BCUT2D eigenvalue weighted by Gasteiger charge is -2.49. The summed E-state index contributed by atoms with van der Waals surface area (Å²) in [5.41, 5.74) is 42.5. The SMILES string of the molecule is NC[C@H]1O[C@H](O[C@@H]2[C@@H](O)[C@H](O[C@H]3O[C@H](CN)[C@@H](O)C[C@H]3N)[C@@H](N)C[C@H]2N)[C@H](N)[C@@H](O)[C@@H]1O[C@@H]1O[C@H](CO)[C@@H](O)[C@H](O)[C@H]1N. The summed E-state index contributed by atoms with van der Waals surface area (Å²) in [5.74, 6) is 0. The fourth-order valence-corrected chi connectivity index (χ4v) is 6.00. The van der Waals surface area contributed by atoms with E-state index in [9.17, 15) is 30.6 Å². The maximum absolute atomic E-state index is 11.3. The Morgan fingerprint density at radius 1 is 0.535 bits per heavy atom. The highest BCUT2D eigenvalue weighted by Crippen LogP contribution is 2.32. The molecule has 4 rings (SSSR count). The number of aliphatic hydroxyl groups excluding tert-OH is 6. The van der Waals surface area contributed by atoms with Gasteiger partial charge in [-0.2, -0.15) is 0 Å². The standard InChI is InChI=1S/C24H49N7O12/c25-3-10-9(33)2-8(29)22(38-10)41-19-6(27)1-7(28)20(18(19)37)42-24-14(31)17(36)21(11(4-26)39-24)43-23-13(30)16(35)15(34)12(5-32)40-23/h6-24,32-37H,1-5,25-31H2/t6-,7+,8+,9-,10+,11+,12+,13+,14+,15+,16+,17+,18-,19+,20-,21+,22+,23-,24+/m0/s1. The van der Waals surface area contributed by atoms with Gasteiger partial charge in [-0.05, 0) is 12.8 Å². The molecular formula is C24H49N7O12. The number of ether oxygens (including phenoxy) is 6. The van der Waals surface area contributed by atoms with E-state index in [1.807, 2.05) is 0 Å². The summed E-state index contributed by atoms with van der Waals surface area (Å²) < 4.78 is 35.0. The van der Waals surface area contributed by atoms with E-state index in [4.69, 9.17) is 68.6 Å². The topological polar surface area (TPSA) is 359 Å². The second kappa shape index (κ2) is 14.8. The minimum absolute atomic E-state index is 0.0270. The average Bonchev–Trinajstić information content (AvgIpc) is 2.97. The van der Waals surface area contributed by atoms with Crippen LogP contribution in [0.25, 0.3) is 0 Å². The van der Waals surface area contributed by atoms with Crippen LogP contribution in [0.2, 0.25) is 0 Å². The monoisotopic (exact) mass is 627 g/mol. The molecule has 0 amide bonds. The summed E-state index contributed by atoms with van der Waals surface area (Å²) in [5, 5.41) is 62.3. The molecule has 0 bridgehead atoms. The van der Waals surface area contributed by atoms with Crippen LogP contribution in [0.15, 0.2) is 0 Å². The Balaban J connectivity index is 1.43. The van der Waals surface area contributed by atoms with E-state index in [1.54, 1.807) is 0 Å². The molecule has 0 aromatic carbocycles. The predicted molar refractivity (Wildman–Crippen MR) is 145 cm³/mol. The minimum Gasteiger partial charge on any atom is -0.394 e. The third kappa shape index (κ3) is 7.30. The van der Waals surface area contributed by atoms with Crippen LogP contribution in [-0.4, -0.2) is 167 Å². The first kappa shape index (κ1) is 35.1. The molecule has 3 heterocycles. The van der Waals surface area contributed by atoms with Gasteiger partial charge in [-0.25, -0.2) is 0 Å². The Labute approximate surface area is 248 Å². The van der Waals surface area contributed by atoms with E-state index >= 15 is 0 Å². The van der Waals surface area contributed by atoms with Gasteiger partial charge in [0.05, 0.1) is 36.9 Å². The van der Waals surface area contributed by atoms with Gasteiger partial charge in [0.15, 0.2) is 18.9 Å². The Morgan fingerprint density at radius 2 is 1.02 bits per heavy atom. The maximum atomic E-state index is 11.3. The second-order valence-corrected chi connectivity index (χ2v) is 11.7. The number of rotatable bonds is 9. The molecule has 3 saturated heterocycles. The summed E-state index contributed by atoms with van der Waals surface area (Å²) in [6.45, 7) is -0.790. The molecule has 43 heavy (non-hydrogen) atoms. The normalized spacial score (nSPS) is 53.1. The molecule has 252 valence electrons. The van der Waals surface area contributed by atoms with Crippen LogP contribution in [0.3, 0.4) is 0 Å². The van der Waals surface area contributed by atoms with Crippen LogP contribution >= 0.6 is 0 Å². The van der Waals surface area contributed by atoms with Crippen molar-refractivity contribution in [1.29, 1.82) is 0 Å². The van der Waals surface area contributed by atoms with Gasteiger partial charge >= 0.3 is 0 Å². The number of aliphatic hydroxyl groups is 6. The van der Waals surface area contributed by atoms with Gasteiger partial charge in [-0.3, -0.25) is 0 Å². The Morgan fingerprint density at radius 3 is 1.58 bits per heavy atom. The average molecular weight is 628 g/mol. The van der Waals surface area contributed by atoms with Gasteiger partial charge in [0, 0.05) is 25.2 Å². The highest BCUT2D eigenvalue weighted by atomic mass is 16.7. The van der Waals surface area contributed by atoms with Gasteiger partial charge in [0.1, 0.15) is 54.9 Å². The van der Waals surface area contributed by atoms with Crippen molar-refractivity contribution < 1.29 is 59.1 Å². The molecule has 0 aromatic rings. The third-order valence-electron chi connectivity index (χ3n) is 8.65. The van der Waals surface area contributed by atoms with E-state index in [-0.39, 0.29) is 25.9 Å². The van der Waals surface area contributed by atoms with E-state index in [2.05, 4.69) is 0 Å². The van der Waals surface area contributed by atoms with Crippen LogP contribution in [0, 0.1) is 0 Å². The molecule has 3 aliphatic heterocycles. The second-order valence-electron chi connectivity index (χ2n) is 11.7.